The molecule has 0 saturated carbocycles. The minimum absolute atomic E-state index is 0.0338. The van der Waals surface area contributed by atoms with E-state index in [1.54, 1.807) is 26.0 Å². The summed E-state index contributed by atoms with van der Waals surface area (Å²) in [6.07, 6.45) is 0. The summed E-state index contributed by atoms with van der Waals surface area (Å²) in [5, 5.41) is 2.64. The first kappa shape index (κ1) is 23.6. The molecule has 1 amide bonds. The number of rotatable bonds is 8. The van der Waals surface area contributed by atoms with Gasteiger partial charge in [0, 0.05) is 22.3 Å². The number of halogens is 2. The highest BCUT2D eigenvalue weighted by Gasteiger charge is 2.24. The van der Waals surface area contributed by atoms with Crippen molar-refractivity contribution >= 4 is 61.8 Å². The van der Waals surface area contributed by atoms with Crippen LogP contribution >= 0.6 is 34.2 Å². The Hall–Kier alpha value is -1.69. The molecule has 0 aromatic heterocycles. The molecule has 1 N–H and O–H groups in total. The molecule has 0 radical (unpaired) electrons. The molecule has 2 aromatic rings. The summed E-state index contributed by atoms with van der Waals surface area (Å²) in [5.41, 5.74) is 0.443. The zero-order valence-corrected chi connectivity index (χ0v) is 19.5. The molecule has 0 bridgehead atoms. The van der Waals surface area contributed by atoms with E-state index >= 15 is 0 Å². The number of ether oxygens (including phenoxy) is 1. The van der Waals surface area contributed by atoms with Gasteiger partial charge in [-0.25, -0.2) is 13.2 Å². The topological polar surface area (TPSA) is 92.8 Å². The molecule has 0 fully saturated rings. The Morgan fingerprint density at radius 1 is 1.10 bits per heavy atom. The molecule has 0 spiro atoms. The second-order valence-electron chi connectivity index (χ2n) is 5.86. The van der Waals surface area contributed by atoms with Gasteiger partial charge in [-0.05, 0) is 65.1 Å². The van der Waals surface area contributed by atoms with Gasteiger partial charge in [-0.15, -0.1) is 0 Å². The van der Waals surface area contributed by atoms with Crippen molar-refractivity contribution in [2.24, 2.45) is 0 Å². The predicted molar refractivity (Wildman–Crippen MR) is 120 cm³/mol. The van der Waals surface area contributed by atoms with Gasteiger partial charge in [0.15, 0.2) is 6.61 Å². The Labute approximate surface area is 188 Å². The Bertz CT molecular complexity index is 992. The van der Waals surface area contributed by atoms with E-state index in [2.05, 4.69) is 27.9 Å². The molecule has 0 unspecified atom stereocenters. The molecule has 0 aliphatic carbocycles. The van der Waals surface area contributed by atoms with Crippen LogP contribution in [-0.4, -0.2) is 44.3 Å². The second-order valence-corrected chi connectivity index (χ2v) is 9.45. The number of esters is 1. The smallest absolute Gasteiger partial charge is 0.340 e. The van der Waals surface area contributed by atoms with Crippen molar-refractivity contribution in [2.75, 3.05) is 25.0 Å². The van der Waals surface area contributed by atoms with Crippen molar-refractivity contribution in [2.45, 2.75) is 18.7 Å². The summed E-state index contributed by atoms with van der Waals surface area (Å²) in [4.78, 5) is 24.3. The van der Waals surface area contributed by atoms with E-state index < -0.39 is 28.5 Å². The number of carbonyl (C=O) groups excluding carboxylic acids is 2. The lowest BCUT2D eigenvalue weighted by molar-refractivity contribution is -0.119. The van der Waals surface area contributed by atoms with Crippen molar-refractivity contribution in [1.29, 1.82) is 0 Å². The van der Waals surface area contributed by atoms with Crippen LogP contribution in [0.3, 0.4) is 0 Å². The molecule has 156 valence electrons. The summed E-state index contributed by atoms with van der Waals surface area (Å²) in [7, 11) is -3.76. The third kappa shape index (κ3) is 6.14. The zero-order valence-electron chi connectivity index (χ0n) is 15.8. The van der Waals surface area contributed by atoms with E-state index in [-0.39, 0.29) is 15.5 Å². The van der Waals surface area contributed by atoms with Gasteiger partial charge in [0.1, 0.15) is 0 Å². The lowest BCUT2D eigenvalue weighted by atomic mass is 10.2. The highest BCUT2D eigenvalue weighted by atomic mass is 127. The molecule has 29 heavy (non-hydrogen) atoms. The standard InChI is InChI=1S/C19H20ClIN2O5S/c1-3-23(4-2)29(26,27)15-9-10-17(20)16(11-15)19(25)28-12-18(24)22-14-7-5-13(21)6-8-14/h5-11H,3-4,12H2,1-2H3,(H,22,24). The molecule has 0 heterocycles. The molecule has 2 aromatic carbocycles. The average molecular weight is 551 g/mol. The van der Waals surface area contributed by atoms with Crippen molar-refractivity contribution in [3.8, 4) is 0 Å². The van der Waals surface area contributed by atoms with Gasteiger partial charge in [-0.1, -0.05) is 25.4 Å². The Kier molecular flexibility index (Phi) is 8.44. The third-order valence-corrected chi connectivity index (χ3v) is 7.06. The fourth-order valence-corrected chi connectivity index (χ4v) is 4.51. The van der Waals surface area contributed by atoms with Crippen LogP contribution < -0.4 is 5.32 Å². The van der Waals surface area contributed by atoms with Gasteiger partial charge in [-0.3, -0.25) is 4.79 Å². The Balaban J connectivity index is 2.10. The summed E-state index contributed by atoms with van der Waals surface area (Å²) < 4.78 is 32.6. The van der Waals surface area contributed by atoms with Gasteiger partial charge in [0.25, 0.3) is 5.91 Å². The van der Waals surface area contributed by atoms with Crippen molar-refractivity contribution in [3.05, 3.63) is 56.6 Å². The van der Waals surface area contributed by atoms with E-state index in [0.717, 1.165) is 9.64 Å². The maximum atomic E-state index is 12.6. The van der Waals surface area contributed by atoms with E-state index in [0.29, 0.717) is 18.8 Å². The zero-order chi connectivity index (χ0) is 21.6. The number of hydrogen-bond acceptors (Lipinski definition) is 5. The van der Waals surface area contributed by atoms with Crippen LogP contribution in [0.2, 0.25) is 5.02 Å². The summed E-state index contributed by atoms with van der Waals surface area (Å²) in [6.45, 7) is 3.49. The van der Waals surface area contributed by atoms with E-state index in [9.17, 15) is 18.0 Å². The van der Waals surface area contributed by atoms with Crippen LogP contribution in [0.5, 0.6) is 0 Å². The molecule has 2 rings (SSSR count). The molecular weight excluding hydrogens is 531 g/mol. The molecule has 0 atom stereocenters. The third-order valence-electron chi connectivity index (χ3n) is 3.96. The lowest BCUT2D eigenvalue weighted by Gasteiger charge is -2.19. The highest BCUT2D eigenvalue weighted by Crippen LogP contribution is 2.23. The quantitative estimate of drug-likeness (QED) is 0.399. The van der Waals surface area contributed by atoms with Crippen molar-refractivity contribution in [1.82, 2.24) is 4.31 Å². The number of anilines is 1. The molecule has 0 aliphatic rings. The van der Waals surface area contributed by atoms with Gasteiger partial charge < -0.3 is 10.1 Å². The summed E-state index contributed by atoms with van der Waals surface area (Å²) >= 11 is 8.18. The van der Waals surface area contributed by atoms with Crippen LogP contribution in [-0.2, 0) is 19.6 Å². The first-order valence-electron chi connectivity index (χ1n) is 8.71. The number of amides is 1. The SMILES string of the molecule is CCN(CC)S(=O)(=O)c1ccc(Cl)c(C(=O)OCC(=O)Nc2ccc(I)cc2)c1. The van der Waals surface area contributed by atoms with Gasteiger partial charge in [-0.2, -0.15) is 4.31 Å². The fraction of sp³-hybridized carbons (Fsp3) is 0.263. The predicted octanol–water partition coefficient (Wildman–Crippen LogP) is 3.77. The molecule has 0 saturated heterocycles. The minimum atomic E-state index is -3.76. The first-order valence-corrected chi connectivity index (χ1v) is 11.6. The van der Waals surface area contributed by atoms with Gasteiger partial charge >= 0.3 is 5.97 Å². The Morgan fingerprint density at radius 3 is 2.31 bits per heavy atom. The van der Waals surface area contributed by atoms with Crippen LogP contribution in [0.15, 0.2) is 47.4 Å². The maximum Gasteiger partial charge on any atom is 0.340 e. The van der Waals surface area contributed by atoms with Crippen LogP contribution in [0.25, 0.3) is 0 Å². The highest BCUT2D eigenvalue weighted by molar-refractivity contribution is 14.1. The first-order chi connectivity index (χ1) is 13.7. The van der Waals surface area contributed by atoms with Crippen molar-refractivity contribution < 1.29 is 22.7 Å². The average Bonchev–Trinajstić information content (AvgIpc) is 2.69. The number of benzene rings is 2. The normalized spacial score (nSPS) is 11.3. The van der Waals surface area contributed by atoms with E-state index in [4.69, 9.17) is 16.3 Å². The number of hydrogen-bond donors (Lipinski definition) is 1. The number of sulfonamides is 1. The molecule has 10 heteroatoms. The monoisotopic (exact) mass is 550 g/mol. The molecule has 0 aliphatic heterocycles. The van der Waals surface area contributed by atoms with E-state index in [1.807, 2.05) is 12.1 Å². The molecule has 7 nitrogen and oxygen atoms in total. The Morgan fingerprint density at radius 2 is 1.72 bits per heavy atom. The van der Waals surface area contributed by atoms with Crippen LogP contribution in [0.1, 0.15) is 24.2 Å². The number of nitrogens with zero attached hydrogens (tertiary/aromatic N) is 1. The maximum absolute atomic E-state index is 12.6. The molecular formula is C19H20ClIN2O5S. The number of carbonyl (C=O) groups is 2. The second kappa shape index (κ2) is 10.4. The minimum Gasteiger partial charge on any atom is -0.452 e. The summed E-state index contributed by atoms with van der Waals surface area (Å²) in [6, 6.07) is 10.9. The largest absolute Gasteiger partial charge is 0.452 e. The van der Waals surface area contributed by atoms with E-state index in [1.165, 1.54) is 16.4 Å². The summed E-state index contributed by atoms with van der Waals surface area (Å²) in [5.74, 6) is -1.41. The lowest BCUT2D eigenvalue weighted by Crippen LogP contribution is -2.30. The fourth-order valence-electron chi connectivity index (χ4n) is 2.47. The van der Waals surface area contributed by atoms with Crippen LogP contribution in [0.4, 0.5) is 5.69 Å². The number of nitrogens with one attached hydrogen (secondary N) is 1. The van der Waals surface area contributed by atoms with Gasteiger partial charge in [0.2, 0.25) is 10.0 Å². The van der Waals surface area contributed by atoms with Gasteiger partial charge in [0.05, 0.1) is 15.5 Å². The van der Waals surface area contributed by atoms with Crippen molar-refractivity contribution in [3.63, 3.8) is 0 Å². The van der Waals surface area contributed by atoms with Crippen LogP contribution in [0, 0.1) is 3.57 Å².